The minimum Gasteiger partial charge on any atom is -0.411 e. The van der Waals surface area contributed by atoms with Crippen LogP contribution in [0, 0.1) is 11.8 Å². The number of hydrogen-bond acceptors (Lipinski definition) is 2. The lowest BCUT2D eigenvalue weighted by molar-refractivity contribution is 0.294. The molecule has 2 atom stereocenters. The monoisotopic (exact) mass is 153 g/mol. The van der Waals surface area contributed by atoms with Gasteiger partial charge >= 0.3 is 0 Å². The summed E-state index contributed by atoms with van der Waals surface area (Å²) in [5, 5.41) is 12.1. The van der Waals surface area contributed by atoms with Gasteiger partial charge in [-0.2, -0.15) is 0 Å². The van der Waals surface area contributed by atoms with Crippen molar-refractivity contribution < 1.29 is 5.21 Å². The molecular weight excluding hydrogens is 138 g/mol. The molecule has 0 heterocycles. The first kappa shape index (κ1) is 7.14. The van der Waals surface area contributed by atoms with Gasteiger partial charge < -0.3 is 5.21 Å². The van der Waals surface area contributed by atoms with Crippen LogP contribution < -0.4 is 0 Å². The molecule has 2 nitrogen and oxygen atoms in total. The van der Waals surface area contributed by atoms with Crippen LogP contribution in [0.5, 0.6) is 0 Å². The van der Waals surface area contributed by atoms with E-state index in [1.165, 1.54) is 32.1 Å². The van der Waals surface area contributed by atoms with E-state index in [1.54, 1.807) is 0 Å². The Balaban J connectivity index is 2.10. The summed E-state index contributed by atoms with van der Waals surface area (Å²) in [6, 6.07) is 0. The predicted molar refractivity (Wildman–Crippen MR) is 43.9 cm³/mol. The number of hydrogen-bond donors (Lipinski definition) is 1. The lowest BCUT2D eigenvalue weighted by Gasteiger charge is -2.24. The van der Waals surface area contributed by atoms with Crippen molar-refractivity contribution in [1.29, 1.82) is 0 Å². The maximum absolute atomic E-state index is 8.69. The Bertz CT molecular complexity index is 176. The minimum absolute atomic E-state index is 0.647. The molecule has 0 unspecified atom stereocenters. The summed E-state index contributed by atoms with van der Waals surface area (Å²) in [4.78, 5) is 0. The smallest absolute Gasteiger partial charge is 0.0604 e. The molecule has 11 heavy (non-hydrogen) atoms. The zero-order valence-electron chi connectivity index (χ0n) is 6.79. The van der Waals surface area contributed by atoms with Crippen molar-refractivity contribution in [3.8, 4) is 0 Å². The highest BCUT2D eigenvalue weighted by Gasteiger charge is 2.34. The molecule has 62 valence electrons. The molecule has 0 amide bonds. The van der Waals surface area contributed by atoms with E-state index >= 15 is 0 Å². The van der Waals surface area contributed by atoms with Gasteiger partial charge in [0.15, 0.2) is 0 Å². The second-order valence-electron chi connectivity index (χ2n) is 3.78. The summed E-state index contributed by atoms with van der Waals surface area (Å²) in [6.45, 7) is 0. The highest BCUT2D eigenvalue weighted by Crippen LogP contribution is 2.40. The normalized spacial score (nSPS) is 40.9. The van der Waals surface area contributed by atoms with Gasteiger partial charge in [-0.3, -0.25) is 0 Å². The molecule has 2 fully saturated rings. The van der Waals surface area contributed by atoms with E-state index in [9.17, 15) is 0 Å². The number of oxime groups is 1. The van der Waals surface area contributed by atoms with Crippen molar-refractivity contribution in [2.45, 2.75) is 38.5 Å². The lowest BCUT2D eigenvalue weighted by atomic mass is 9.81. The molecule has 0 aliphatic heterocycles. The van der Waals surface area contributed by atoms with Gasteiger partial charge in [0.1, 0.15) is 0 Å². The molecule has 1 N–H and O–H groups in total. The molecule has 2 aliphatic rings. The van der Waals surface area contributed by atoms with Crippen molar-refractivity contribution in [2.24, 2.45) is 17.0 Å². The number of nitrogens with zero attached hydrogens (tertiary/aromatic N) is 1. The van der Waals surface area contributed by atoms with Crippen LogP contribution in [0.25, 0.3) is 0 Å². The molecule has 0 spiro atoms. The SMILES string of the molecule is O/N=C1\CC[C@H]2CCCC[C@@H]12. The summed E-state index contributed by atoms with van der Waals surface area (Å²) >= 11 is 0. The zero-order valence-corrected chi connectivity index (χ0v) is 6.79. The fourth-order valence-corrected chi connectivity index (χ4v) is 2.63. The first-order valence-electron chi connectivity index (χ1n) is 4.62. The fraction of sp³-hybridized carbons (Fsp3) is 0.889. The van der Waals surface area contributed by atoms with Crippen LogP contribution in [0.15, 0.2) is 5.16 Å². The first-order chi connectivity index (χ1) is 5.42. The molecule has 0 radical (unpaired) electrons. The van der Waals surface area contributed by atoms with Gasteiger partial charge in [0.05, 0.1) is 5.71 Å². The molecule has 0 aromatic rings. The van der Waals surface area contributed by atoms with E-state index in [4.69, 9.17) is 5.21 Å². The van der Waals surface area contributed by atoms with Crippen LogP contribution in [-0.2, 0) is 0 Å². The van der Waals surface area contributed by atoms with Gasteiger partial charge in [0.2, 0.25) is 0 Å². The van der Waals surface area contributed by atoms with Gasteiger partial charge in [-0.05, 0) is 31.6 Å². The predicted octanol–water partition coefficient (Wildman–Crippen LogP) is 2.42. The van der Waals surface area contributed by atoms with Gasteiger partial charge in [0.25, 0.3) is 0 Å². The zero-order chi connectivity index (χ0) is 7.68. The Hall–Kier alpha value is -0.530. The van der Waals surface area contributed by atoms with Crippen LogP contribution in [0.1, 0.15) is 38.5 Å². The Morgan fingerprint density at radius 3 is 2.82 bits per heavy atom. The van der Waals surface area contributed by atoms with Crippen molar-refractivity contribution in [2.75, 3.05) is 0 Å². The number of fused-ring (bicyclic) bond motifs is 1. The van der Waals surface area contributed by atoms with E-state index in [0.717, 1.165) is 18.1 Å². The third-order valence-corrected chi connectivity index (χ3v) is 3.24. The third-order valence-electron chi connectivity index (χ3n) is 3.24. The molecule has 2 rings (SSSR count). The first-order valence-corrected chi connectivity index (χ1v) is 4.62. The maximum atomic E-state index is 8.69. The van der Waals surface area contributed by atoms with Gasteiger partial charge in [-0.25, -0.2) is 0 Å². The van der Waals surface area contributed by atoms with Crippen LogP contribution in [0.2, 0.25) is 0 Å². The second kappa shape index (κ2) is 2.84. The van der Waals surface area contributed by atoms with Crippen LogP contribution in [0.3, 0.4) is 0 Å². The van der Waals surface area contributed by atoms with Crippen molar-refractivity contribution in [3.05, 3.63) is 0 Å². The minimum atomic E-state index is 0.647. The summed E-state index contributed by atoms with van der Waals surface area (Å²) in [7, 11) is 0. The van der Waals surface area contributed by atoms with E-state index in [1.807, 2.05) is 0 Å². The summed E-state index contributed by atoms with van der Waals surface area (Å²) < 4.78 is 0. The maximum Gasteiger partial charge on any atom is 0.0604 e. The molecule has 2 saturated carbocycles. The van der Waals surface area contributed by atoms with Gasteiger partial charge in [-0.1, -0.05) is 18.0 Å². The summed E-state index contributed by atoms with van der Waals surface area (Å²) in [5.74, 6) is 1.50. The van der Waals surface area contributed by atoms with Crippen LogP contribution >= 0.6 is 0 Å². The third kappa shape index (κ3) is 1.15. The average Bonchev–Trinajstić information content (AvgIpc) is 2.47. The fourth-order valence-electron chi connectivity index (χ4n) is 2.63. The van der Waals surface area contributed by atoms with E-state index in [2.05, 4.69) is 5.16 Å². The van der Waals surface area contributed by atoms with Crippen molar-refractivity contribution in [3.63, 3.8) is 0 Å². The largest absolute Gasteiger partial charge is 0.411 e. The van der Waals surface area contributed by atoms with Crippen LogP contribution in [0.4, 0.5) is 0 Å². The van der Waals surface area contributed by atoms with E-state index < -0.39 is 0 Å². The van der Waals surface area contributed by atoms with Gasteiger partial charge in [0, 0.05) is 5.92 Å². The molecule has 0 aromatic carbocycles. The second-order valence-corrected chi connectivity index (χ2v) is 3.78. The van der Waals surface area contributed by atoms with Gasteiger partial charge in [-0.15, -0.1) is 0 Å². The van der Waals surface area contributed by atoms with Crippen molar-refractivity contribution in [1.82, 2.24) is 0 Å². The van der Waals surface area contributed by atoms with Crippen LogP contribution in [-0.4, -0.2) is 10.9 Å². The quantitative estimate of drug-likeness (QED) is 0.420. The summed E-state index contributed by atoms with van der Waals surface area (Å²) in [5.41, 5.74) is 1.08. The summed E-state index contributed by atoms with van der Waals surface area (Å²) in [6.07, 6.45) is 7.67. The highest BCUT2D eigenvalue weighted by atomic mass is 16.4. The highest BCUT2D eigenvalue weighted by molar-refractivity contribution is 5.88. The standard InChI is InChI=1S/C9H15NO/c11-10-9-6-5-7-3-1-2-4-8(7)9/h7-8,11H,1-6H2/b10-9+/t7-,8-/m1/s1. The Morgan fingerprint density at radius 1 is 1.18 bits per heavy atom. The lowest BCUT2D eigenvalue weighted by Crippen LogP contribution is -2.18. The Morgan fingerprint density at radius 2 is 2.00 bits per heavy atom. The molecular formula is C9H15NO. The Labute approximate surface area is 67.3 Å². The molecule has 0 saturated heterocycles. The molecule has 0 aromatic heterocycles. The van der Waals surface area contributed by atoms with Crippen molar-refractivity contribution >= 4 is 5.71 Å². The molecule has 2 heteroatoms. The molecule has 0 bridgehead atoms. The van der Waals surface area contributed by atoms with E-state index in [-0.39, 0.29) is 0 Å². The topological polar surface area (TPSA) is 32.6 Å². The van der Waals surface area contributed by atoms with E-state index in [0.29, 0.717) is 5.92 Å². The average molecular weight is 153 g/mol. The number of rotatable bonds is 0. The molecule has 2 aliphatic carbocycles. The Kier molecular flexibility index (Phi) is 1.84.